The van der Waals surface area contributed by atoms with E-state index in [0.717, 1.165) is 30.6 Å². The Morgan fingerprint density at radius 3 is 2.93 bits per heavy atom. The highest BCUT2D eigenvalue weighted by atomic mass is 16.1. The summed E-state index contributed by atoms with van der Waals surface area (Å²) in [7, 11) is 0. The summed E-state index contributed by atoms with van der Waals surface area (Å²) in [6.45, 7) is 1.44. The molecule has 0 aromatic carbocycles. The highest BCUT2D eigenvalue weighted by Crippen LogP contribution is 2.28. The maximum absolute atomic E-state index is 12.1. The van der Waals surface area contributed by atoms with E-state index >= 15 is 0 Å². The molecule has 1 aliphatic carbocycles. The van der Waals surface area contributed by atoms with Crippen LogP contribution in [0.5, 0.6) is 0 Å². The Hall–Kier alpha value is -1.16. The summed E-state index contributed by atoms with van der Waals surface area (Å²) in [5.74, 6) is 0. The van der Waals surface area contributed by atoms with Crippen LogP contribution in [0.3, 0.4) is 0 Å². The van der Waals surface area contributed by atoms with Crippen molar-refractivity contribution in [2.45, 2.75) is 44.8 Å². The Morgan fingerprint density at radius 1 is 1.33 bits per heavy atom. The first-order valence-corrected chi connectivity index (χ1v) is 5.66. The molecule has 4 heteroatoms. The zero-order valence-corrected chi connectivity index (χ0v) is 8.70. The lowest BCUT2D eigenvalue weighted by molar-refractivity contribution is 0.491. The molecule has 0 spiro atoms. The fourth-order valence-corrected chi connectivity index (χ4v) is 2.62. The Labute approximate surface area is 88.3 Å². The highest BCUT2D eigenvalue weighted by Gasteiger charge is 2.22. The molecule has 4 nitrogen and oxygen atoms in total. The summed E-state index contributed by atoms with van der Waals surface area (Å²) in [5, 5.41) is 3.17. The van der Waals surface area contributed by atoms with E-state index in [4.69, 9.17) is 0 Å². The quantitative estimate of drug-likeness (QED) is 0.743. The zero-order valence-electron chi connectivity index (χ0n) is 8.70. The first-order chi connectivity index (χ1) is 7.36. The molecule has 0 bridgehead atoms. The van der Waals surface area contributed by atoms with E-state index in [1.54, 1.807) is 6.33 Å². The normalized spacial score (nSPS) is 20.8. The molecule has 3 rings (SSSR count). The maximum atomic E-state index is 12.1. The van der Waals surface area contributed by atoms with Crippen molar-refractivity contribution in [1.82, 2.24) is 14.9 Å². The first kappa shape index (κ1) is 9.09. The number of nitrogens with zero attached hydrogens (tertiary/aromatic N) is 2. The fraction of sp³-hybridized carbons (Fsp3) is 0.636. The molecule has 1 saturated carbocycles. The van der Waals surface area contributed by atoms with Crippen LogP contribution in [0.1, 0.15) is 43.0 Å². The van der Waals surface area contributed by atoms with E-state index < -0.39 is 0 Å². The van der Waals surface area contributed by atoms with Gasteiger partial charge in [-0.2, -0.15) is 0 Å². The van der Waals surface area contributed by atoms with Gasteiger partial charge in [-0.3, -0.25) is 9.36 Å². The van der Waals surface area contributed by atoms with Crippen LogP contribution in [-0.2, 0) is 13.1 Å². The van der Waals surface area contributed by atoms with Crippen LogP contribution < -0.4 is 10.9 Å². The van der Waals surface area contributed by atoms with Gasteiger partial charge in [-0.1, -0.05) is 12.8 Å². The van der Waals surface area contributed by atoms with Crippen LogP contribution in [-0.4, -0.2) is 9.55 Å². The summed E-state index contributed by atoms with van der Waals surface area (Å²) >= 11 is 0. The average Bonchev–Trinajstić information content (AvgIpc) is 2.87. The molecule has 0 radical (unpaired) electrons. The lowest BCUT2D eigenvalue weighted by atomic mass is 10.2. The van der Waals surface area contributed by atoms with E-state index in [1.807, 2.05) is 4.57 Å². The summed E-state index contributed by atoms with van der Waals surface area (Å²) in [4.78, 5) is 16.5. The van der Waals surface area contributed by atoms with Gasteiger partial charge < -0.3 is 5.32 Å². The molecular weight excluding hydrogens is 190 g/mol. The lowest BCUT2D eigenvalue weighted by Gasteiger charge is -2.13. The Kier molecular flexibility index (Phi) is 2.09. The van der Waals surface area contributed by atoms with Crippen LogP contribution >= 0.6 is 0 Å². The molecule has 0 amide bonds. The molecule has 2 heterocycles. The van der Waals surface area contributed by atoms with Crippen molar-refractivity contribution in [3.63, 3.8) is 0 Å². The SMILES string of the molecule is O=c1c2c(ncn1C1CCCC1)CNC2. The third kappa shape index (κ3) is 1.40. The van der Waals surface area contributed by atoms with Gasteiger partial charge in [0.15, 0.2) is 0 Å². The second-order valence-electron chi connectivity index (χ2n) is 4.42. The number of hydrogen-bond acceptors (Lipinski definition) is 3. The van der Waals surface area contributed by atoms with Crippen molar-refractivity contribution >= 4 is 0 Å². The smallest absolute Gasteiger partial charge is 0.258 e. The predicted octanol–water partition coefficient (Wildman–Crippen LogP) is 0.962. The highest BCUT2D eigenvalue weighted by molar-refractivity contribution is 5.20. The van der Waals surface area contributed by atoms with E-state index in [-0.39, 0.29) is 5.56 Å². The van der Waals surface area contributed by atoms with Crippen molar-refractivity contribution < 1.29 is 0 Å². The number of hydrogen-bond donors (Lipinski definition) is 1. The number of fused-ring (bicyclic) bond motifs is 1. The van der Waals surface area contributed by atoms with Crippen LogP contribution in [0.15, 0.2) is 11.1 Å². The van der Waals surface area contributed by atoms with Crippen LogP contribution in [0.25, 0.3) is 0 Å². The average molecular weight is 205 g/mol. The molecule has 1 aromatic heterocycles. The van der Waals surface area contributed by atoms with E-state index in [9.17, 15) is 4.79 Å². The van der Waals surface area contributed by atoms with Gasteiger partial charge in [0.2, 0.25) is 0 Å². The lowest BCUT2D eigenvalue weighted by Crippen LogP contribution is -2.27. The molecule has 0 saturated heterocycles. The van der Waals surface area contributed by atoms with Gasteiger partial charge in [0.1, 0.15) is 0 Å². The number of rotatable bonds is 1. The second kappa shape index (κ2) is 3.45. The van der Waals surface area contributed by atoms with Crippen LogP contribution in [0, 0.1) is 0 Å². The van der Waals surface area contributed by atoms with Gasteiger partial charge in [-0.05, 0) is 12.8 Å². The Balaban J connectivity index is 2.06. The minimum atomic E-state index is 0.178. The van der Waals surface area contributed by atoms with Gasteiger partial charge in [0, 0.05) is 19.1 Å². The van der Waals surface area contributed by atoms with Crippen molar-refractivity contribution in [3.8, 4) is 0 Å². The molecule has 1 aliphatic heterocycles. The molecule has 2 aliphatic rings. The first-order valence-electron chi connectivity index (χ1n) is 5.66. The molecule has 0 atom stereocenters. The summed E-state index contributed by atoms with van der Waals surface area (Å²) in [6, 6.07) is 0.399. The molecule has 15 heavy (non-hydrogen) atoms. The van der Waals surface area contributed by atoms with E-state index in [0.29, 0.717) is 12.6 Å². The topological polar surface area (TPSA) is 46.9 Å². The molecule has 80 valence electrons. The molecule has 0 unspecified atom stereocenters. The van der Waals surface area contributed by atoms with Gasteiger partial charge in [-0.25, -0.2) is 4.98 Å². The fourth-order valence-electron chi connectivity index (χ4n) is 2.62. The number of aromatic nitrogens is 2. The van der Waals surface area contributed by atoms with Crippen molar-refractivity contribution in [1.29, 1.82) is 0 Å². The van der Waals surface area contributed by atoms with Gasteiger partial charge in [0.05, 0.1) is 17.6 Å². The monoisotopic (exact) mass is 205 g/mol. The number of nitrogens with one attached hydrogen (secondary N) is 1. The molecule has 1 aromatic rings. The van der Waals surface area contributed by atoms with Crippen molar-refractivity contribution in [2.24, 2.45) is 0 Å². The van der Waals surface area contributed by atoms with Crippen LogP contribution in [0.4, 0.5) is 0 Å². The van der Waals surface area contributed by atoms with Crippen molar-refractivity contribution in [2.75, 3.05) is 0 Å². The standard InChI is InChI=1S/C11H15N3O/c15-11-9-5-12-6-10(9)13-7-14(11)8-3-1-2-4-8/h7-8,12H,1-6H2. The van der Waals surface area contributed by atoms with Gasteiger partial charge >= 0.3 is 0 Å². The van der Waals surface area contributed by atoms with Gasteiger partial charge in [0.25, 0.3) is 5.56 Å². The van der Waals surface area contributed by atoms with E-state index in [2.05, 4.69) is 10.3 Å². The molecule has 1 N–H and O–H groups in total. The third-order valence-corrected chi connectivity index (χ3v) is 3.49. The second-order valence-corrected chi connectivity index (χ2v) is 4.42. The third-order valence-electron chi connectivity index (χ3n) is 3.49. The maximum Gasteiger partial charge on any atom is 0.258 e. The Bertz CT molecular complexity index is 432. The Morgan fingerprint density at radius 2 is 2.13 bits per heavy atom. The largest absolute Gasteiger partial charge is 0.307 e. The molecular formula is C11H15N3O. The summed E-state index contributed by atoms with van der Waals surface area (Å²) in [5.41, 5.74) is 2.00. The van der Waals surface area contributed by atoms with E-state index in [1.165, 1.54) is 12.8 Å². The molecule has 1 fully saturated rings. The summed E-state index contributed by atoms with van der Waals surface area (Å²) < 4.78 is 1.85. The minimum Gasteiger partial charge on any atom is -0.307 e. The van der Waals surface area contributed by atoms with Crippen LogP contribution in [0.2, 0.25) is 0 Å². The van der Waals surface area contributed by atoms with Crippen molar-refractivity contribution in [3.05, 3.63) is 27.9 Å². The minimum absolute atomic E-state index is 0.178. The summed E-state index contributed by atoms with van der Waals surface area (Å²) in [6.07, 6.45) is 6.49. The van der Waals surface area contributed by atoms with Gasteiger partial charge in [-0.15, -0.1) is 0 Å². The predicted molar refractivity (Wildman–Crippen MR) is 56.5 cm³/mol. The zero-order chi connectivity index (χ0) is 10.3.